The third kappa shape index (κ3) is 3.48. The summed E-state index contributed by atoms with van der Waals surface area (Å²) >= 11 is 1.99. The minimum absolute atomic E-state index is 0.275. The Morgan fingerprint density at radius 1 is 1.13 bits per heavy atom. The number of hydrogen-bond acceptors (Lipinski definition) is 2. The van der Waals surface area contributed by atoms with Crippen molar-refractivity contribution < 1.29 is 4.74 Å². The van der Waals surface area contributed by atoms with E-state index in [0.29, 0.717) is 0 Å². The normalized spacial score (nSPS) is 16.8. The zero-order valence-corrected chi connectivity index (χ0v) is 15.2. The lowest BCUT2D eigenvalue weighted by molar-refractivity contribution is 0.415. The molecule has 0 aromatic heterocycles. The molecule has 3 rings (SSSR count). The van der Waals surface area contributed by atoms with Gasteiger partial charge in [-0.25, -0.2) is 0 Å². The number of methoxy groups -OCH3 is 1. The van der Waals surface area contributed by atoms with Gasteiger partial charge < -0.3 is 4.74 Å². The van der Waals surface area contributed by atoms with Crippen LogP contribution in [0.1, 0.15) is 43.9 Å². The fourth-order valence-corrected chi connectivity index (χ4v) is 4.50. The van der Waals surface area contributed by atoms with Crippen molar-refractivity contribution in [2.45, 2.75) is 37.5 Å². The van der Waals surface area contributed by atoms with Crippen molar-refractivity contribution in [1.29, 1.82) is 0 Å². The zero-order chi connectivity index (χ0) is 16.4. The topological polar surface area (TPSA) is 9.23 Å². The van der Waals surface area contributed by atoms with Crippen molar-refractivity contribution in [3.8, 4) is 5.75 Å². The summed E-state index contributed by atoms with van der Waals surface area (Å²) < 4.78 is 5.22. The Hall–Kier alpha value is -1.67. The van der Waals surface area contributed by atoms with Crippen LogP contribution >= 0.6 is 11.8 Å². The first-order valence-electron chi connectivity index (χ1n) is 8.10. The summed E-state index contributed by atoms with van der Waals surface area (Å²) in [6, 6.07) is 15.1. The highest BCUT2D eigenvalue weighted by atomic mass is 32.2. The monoisotopic (exact) mass is 324 g/mol. The Balaban J connectivity index is 1.93. The lowest BCUT2D eigenvalue weighted by Crippen LogP contribution is -2.22. The van der Waals surface area contributed by atoms with E-state index in [9.17, 15) is 0 Å². The molecule has 1 aliphatic heterocycles. The number of hydrogen-bond donors (Lipinski definition) is 0. The van der Waals surface area contributed by atoms with E-state index in [1.165, 1.54) is 39.3 Å². The van der Waals surface area contributed by atoms with E-state index in [1.54, 1.807) is 7.11 Å². The summed E-state index contributed by atoms with van der Waals surface area (Å²) in [5, 5.41) is 0. The van der Waals surface area contributed by atoms with Gasteiger partial charge in [-0.05, 0) is 71.0 Å². The molecule has 2 aromatic carbocycles. The Bertz CT molecular complexity index is 726. The summed E-state index contributed by atoms with van der Waals surface area (Å²) in [5.74, 6) is 2.12. The first-order chi connectivity index (χ1) is 11.0. The van der Waals surface area contributed by atoms with Crippen molar-refractivity contribution in [2.75, 3.05) is 12.9 Å². The minimum atomic E-state index is 0.275. The predicted octanol–water partition coefficient (Wildman–Crippen LogP) is 6.03. The molecule has 1 aliphatic rings. The predicted molar refractivity (Wildman–Crippen MR) is 101 cm³/mol. The molecule has 0 fully saturated rings. The molecule has 120 valence electrons. The van der Waals surface area contributed by atoms with Crippen LogP contribution in [0.4, 0.5) is 0 Å². The standard InChI is InChI=1S/C21H24OS/c1-15(13-16-5-8-18(22-4)9-6-16)17-7-10-20-19(14-17)21(2,3)11-12-23-20/h5-10,13-14H,11-12H2,1-4H3. The van der Waals surface area contributed by atoms with E-state index in [2.05, 4.69) is 57.2 Å². The molecule has 0 radical (unpaired) electrons. The van der Waals surface area contributed by atoms with Crippen LogP contribution in [0.5, 0.6) is 5.75 Å². The van der Waals surface area contributed by atoms with Crippen molar-refractivity contribution >= 4 is 23.4 Å². The van der Waals surface area contributed by atoms with Crippen molar-refractivity contribution in [2.24, 2.45) is 0 Å². The van der Waals surface area contributed by atoms with Crippen LogP contribution in [-0.2, 0) is 5.41 Å². The summed E-state index contributed by atoms with van der Waals surface area (Å²) in [6.07, 6.45) is 3.49. The molecular formula is C21H24OS. The molecule has 0 aliphatic carbocycles. The molecule has 0 atom stereocenters. The molecule has 0 saturated carbocycles. The number of allylic oxidation sites excluding steroid dienone is 1. The molecule has 0 unspecified atom stereocenters. The quantitative estimate of drug-likeness (QED) is 0.638. The van der Waals surface area contributed by atoms with Gasteiger partial charge in [0.05, 0.1) is 7.11 Å². The van der Waals surface area contributed by atoms with Gasteiger partial charge in [0, 0.05) is 4.90 Å². The fourth-order valence-electron chi connectivity index (χ4n) is 3.01. The second-order valence-corrected chi connectivity index (χ2v) is 7.93. The molecule has 23 heavy (non-hydrogen) atoms. The smallest absolute Gasteiger partial charge is 0.118 e. The molecule has 1 heterocycles. The largest absolute Gasteiger partial charge is 0.497 e. The first kappa shape index (κ1) is 16.2. The second-order valence-electron chi connectivity index (χ2n) is 6.79. The van der Waals surface area contributed by atoms with Gasteiger partial charge in [-0.3, -0.25) is 0 Å². The number of fused-ring (bicyclic) bond motifs is 1. The summed E-state index contributed by atoms with van der Waals surface area (Å²) in [5.41, 5.74) is 5.58. The van der Waals surface area contributed by atoms with Gasteiger partial charge in [0.1, 0.15) is 5.75 Å². The average molecular weight is 324 g/mol. The van der Waals surface area contributed by atoms with Crippen LogP contribution in [0, 0.1) is 0 Å². The van der Waals surface area contributed by atoms with Gasteiger partial charge >= 0.3 is 0 Å². The Labute approximate surface area is 143 Å². The summed E-state index contributed by atoms with van der Waals surface area (Å²) in [7, 11) is 1.70. The van der Waals surface area contributed by atoms with E-state index in [4.69, 9.17) is 4.74 Å². The molecule has 1 nitrogen and oxygen atoms in total. The molecule has 2 aromatic rings. The molecule has 0 spiro atoms. The maximum absolute atomic E-state index is 5.22. The van der Waals surface area contributed by atoms with E-state index in [0.717, 1.165) is 5.75 Å². The molecule has 0 N–H and O–H groups in total. The first-order valence-corrected chi connectivity index (χ1v) is 9.08. The van der Waals surface area contributed by atoms with Gasteiger partial charge in [0.25, 0.3) is 0 Å². The third-order valence-electron chi connectivity index (χ3n) is 4.65. The SMILES string of the molecule is COc1ccc(C=C(C)c2ccc3c(c2)C(C)(C)CCS3)cc1. The van der Waals surface area contributed by atoms with Crippen molar-refractivity contribution in [1.82, 2.24) is 0 Å². The fraction of sp³-hybridized carbons (Fsp3) is 0.333. The Morgan fingerprint density at radius 3 is 2.57 bits per heavy atom. The van der Waals surface area contributed by atoms with E-state index < -0.39 is 0 Å². The maximum atomic E-state index is 5.22. The minimum Gasteiger partial charge on any atom is -0.497 e. The lowest BCUT2D eigenvalue weighted by atomic mass is 9.80. The summed E-state index contributed by atoms with van der Waals surface area (Å²) in [4.78, 5) is 1.45. The average Bonchev–Trinajstić information content (AvgIpc) is 2.55. The second kappa shape index (κ2) is 6.45. The van der Waals surface area contributed by atoms with Gasteiger partial charge in [-0.2, -0.15) is 0 Å². The highest BCUT2D eigenvalue weighted by Crippen LogP contribution is 2.42. The lowest BCUT2D eigenvalue weighted by Gasteiger charge is -2.32. The third-order valence-corrected chi connectivity index (χ3v) is 5.72. The zero-order valence-electron chi connectivity index (χ0n) is 14.3. The van der Waals surface area contributed by atoms with Crippen molar-refractivity contribution in [3.63, 3.8) is 0 Å². The Kier molecular flexibility index (Phi) is 4.54. The maximum Gasteiger partial charge on any atom is 0.118 e. The van der Waals surface area contributed by atoms with E-state index >= 15 is 0 Å². The number of ether oxygens (including phenoxy) is 1. The highest BCUT2D eigenvalue weighted by molar-refractivity contribution is 7.99. The molecular weight excluding hydrogens is 300 g/mol. The highest BCUT2D eigenvalue weighted by Gasteiger charge is 2.27. The van der Waals surface area contributed by atoms with Gasteiger partial charge in [-0.1, -0.05) is 38.1 Å². The van der Waals surface area contributed by atoms with Crippen LogP contribution in [0.3, 0.4) is 0 Å². The number of benzene rings is 2. The molecule has 2 heteroatoms. The van der Waals surface area contributed by atoms with Crippen LogP contribution in [0.25, 0.3) is 11.6 Å². The van der Waals surface area contributed by atoms with Crippen LogP contribution < -0.4 is 4.74 Å². The molecule has 0 amide bonds. The van der Waals surface area contributed by atoms with Gasteiger partial charge in [0.2, 0.25) is 0 Å². The van der Waals surface area contributed by atoms with Gasteiger partial charge in [-0.15, -0.1) is 11.8 Å². The number of thioether (sulfide) groups is 1. The Morgan fingerprint density at radius 2 is 1.87 bits per heavy atom. The van der Waals surface area contributed by atoms with Crippen LogP contribution in [0.2, 0.25) is 0 Å². The van der Waals surface area contributed by atoms with Gasteiger partial charge in [0.15, 0.2) is 0 Å². The summed E-state index contributed by atoms with van der Waals surface area (Å²) in [6.45, 7) is 6.91. The van der Waals surface area contributed by atoms with Crippen LogP contribution in [-0.4, -0.2) is 12.9 Å². The molecule has 0 bridgehead atoms. The van der Waals surface area contributed by atoms with Crippen LogP contribution in [0.15, 0.2) is 47.4 Å². The molecule has 0 saturated heterocycles. The van der Waals surface area contributed by atoms with E-state index in [-0.39, 0.29) is 5.41 Å². The van der Waals surface area contributed by atoms with E-state index in [1.807, 2.05) is 23.9 Å². The van der Waals surface area contributed by atoms with Crippen molar-refractivity contribution in [3.05, 3.63) is 59.2 Å². The number of rotatable bonds is 3.